The minimum Gasteiger partial charge on any atom is -0.480 e. The predicted molar refractivity (Wildman–Crippen MR) is 122 cm³/mol. The first-order valence-electron chi connectivity index (χ1n) is 9.78. The molecule has 0 aliphatic rings. The smallest absolute Gasteiger partial charge is 0.480 e. The van der Waals surface area contributed by atoms with Crippen molar-refractivity contribution >= 4 is 14.9 Å². The third-order valence-corrected chi connectivity index (χ3v) is 6.43. The van der Waals surface area contributed by atoms with Crippen LogP contribution in [0.25, 0.3) is 6.08 Å². The fraction of sp³-hybridized carbons (Fsp3) is 0. The Kier molecular flexibility index (Phi) is 6.27. The number of rotatable bonds is 8. The molecule has 4 aromatic rings. The molecule has 0 saturated carbocycles. The first kappa shape index (κ1) is 19.5. The molecule has 0 aliphatic carbocycles. The molecule has 0 amide bonds. The second-order valence-corrected chi connectivity index (χ2v) is 8.75. The molecule has 0 aromatic heterocycles. The molecule has 30 heavy (non-hydrogen) atoms. The zero-order valence-electron chi connectivity index (χ0n) is 16.4. The van der Waals surface area contributed by atoms with Crippen LogP contribution >= 0.6 is 0 Å². The Morgan fingerprint density at radius 1 is 0.433 bits per heavy atom. The molecule has 4 aromatic carbocycles. The number of benzene rings is 4. The summed E-state index contributed by atoms with van der Waals surface area (Å²) in [6.45, 7) is 0. The Morgan fingerprint density at radius 2 is 0.767 bits per heavy atom. The average molecular weight is 411 g/mol. The van der Waals surface area contributed by atoms with Crippen LogP contribution in [0.3, 0.4) is 0 Å². The monoisotopic (exact) mass is 410 g/mol. The van der Waals surface area contributed by atoms with Crippen LogP contribution in [-0.2, 0) is 0 Å². The molecule has 0 spiro atoms. The summed E-state index contributed by atoms with van der Waals surface area (Å²) in [6, 6.07) is 38.9. The minimum atomic E-state index is -3.38. The van der Waals surface area contributed by atoms with Gasteiger partial charge in [0.25, 0.3) is 0 Å². The van der Waals surface area contributed by atoms with Gasteiger partial charge in [-0.1, -0.05) is 91.0 Å². The van der Waals surface area contributed by atoms with Gasteiger partial charge in [0.2, 0.25) is 0 Å². The SMILES string of the molecule is C(=C\[Si](Oc1ccccc1)(Oc1ccccc1)Oc1ccccc1)/c1ccccc1. The molecule has 0 N–H and O–H groups in total. The van der Waals surface area contributed by atoms with Crippen LogP contribution in [0.1, 0.15) is 5.56 Å². The van der Waals surface area contributed by atoms with Crippen molar-refractivity contribution in [1.29, 1.82) is 0 Å². The lowest BCUT2D eigenvalue weighted by molar-refractivity contribution is 0.279. The van der Waals surface area contributed by atoms with Crippen molar-refractivity contribution in [2.45, 2.75) is 0 Å². The van der Waals surface area contributed by atoms with E-state index in [2.05, 4.69) is 0 Å². The maximum atomic E-state index is 6.44. The molecule has 4 heteroatoms. The third kappa shape index (κ3) is 5.40. The molecule has 3 nitrogen and oxygen atoms in total. The number of hydrogen-bond acceptors (Lipinski definition) is 3. The Hall–Kier alpha value is -3.76. The zero-order valence-corrected chi connectivity index (χ0v) is 17.4. The van der Waals surface area contributed by atoms with Crippen LogP contribution in [0.15, 0.2) is 127 Å². The van der Waals surface area contributed by atoms with E-state index in [1.54, 1.807) is 0 Å². The van der Waals surface area contributed by atoms with E-state index >= 15 is 0 Å². The summed E-state index contributed by atoms with van der Waals surface area (Å²) in [5.41, 5.74) is 2.97. The van der Waals surface area contributed by atoms with Crippen molar-refractivity contribution in [2.75, 3.05) is 0 Å². The average Bonchev–Trinajstić information content (AvgIpc) is 2.80. The van der Waals surface area contributed by atoms with Gasteiger partial charge >= 0.3 is 8.80 Å². The maximum Gasteiger partial charge on any atom is 0.729 e. The quantitative estimate of drug-likeness (QED) is 0.314. The second-order valence-electron chi connectivity index (χ2n) is 6.59. The summed E-state index contributed by atoms with van der Waals surface area (Å²) in [6.07, 6.45) is 1.99. The molecule has 0 aliphatic heterocycles. The predicted octanol–water partition coefficient (Wildman–Crippen LogP) is 6.41. The van der Waals surface area contributed by atoms with E-state index < -0.39 is 8.80 Å². The van der Waals surface area contributed by atoms with Crippen molar-refractivity contribution in [3.8, 4) is 17.2 Å². The van der Waals surface area contributed by atoms with Gasteiger partial charge in [0.1, 0.15) is 17.2 Å². The van der Waals surface area contributed by atoms with Crippen LogP contribution in [0.2, 0.25) is 0 Å². The standard InChI is InChI=1S/C26H22O3Si/c1-5-13-23(14-6-1)21-22-30(27-24-15-7-2-8-16-24,28-25-17-9-3-10-18-25)29-26-19-11-4-12-20-26/h1-22H/b22-21+. The van der Waals surface area contributed by atoms with Crippen molar-refractivity contribution in [1.82, 2.24) is 0 Å². The van der Waals surface area contributed by atoms with Gasteiger partial charge in [-0.15, -0.1) is 0 Å². The summed E-state index contributed by atoms with van der Waals surface area (Å²) in [5.74, 6) is 2.07. The van der Waals surface area contributed by atoms with E-state index in [1.807, 2.05) is 133 Å². The topological polar surface area (TPSA) is 27.7 Å². The molecule has 0 heterocycles. The van der Waals surface area contributed by atoms with Gasteiger partial charge in [-0.05, 0) is 42.0 Å². The van der Waals surface area contributed by atoms with Gasteiger partial charge in [0.05, 0.1) is 0 Å². The van der Waals surface area contributed by atoms with E-state index in [1.165, 1.54) is 0 Å². The third-order valence-electron chi connectivity index (χ3n) is 4.29. The van der Waals surface area contributed by atoms with E-state index in [0.29, 0.717) is 17.2 Å². The molecule has 4 rings (SSSR count). The van der Waals surface area contributed by atoms with Crippen LogP contribution in [-0.4, -0.2) is 8.80 Å². The lowest BCUT2D eigenvalue weighted by atomic mass is 10.2. The van der Waals surface area contributed by atoms with Crippen LogP contribution in [0.5, 0.6) is 17.2 Å². The molecule has 148 valence electrons. The summed E-state index contributed by atoms with van der Waals surface area (Å²) >= 11 is 0. The fourth-order valence-electron chi connectivity index (χ4n) is 2.89. The first-order valence-corrected chi connectivity index (χ1v) is 11.6. The van der Waals surface area contributed by atoms with Crippen molar-refractivity contribution in [2.24, 2.45) is 0 Å². The number of para-hydroxylation sites is 3. The highest BCUT2D eigenvalue weighted by Crippen LogP contribution is 2.25. The van der Waals surface area contributed by atoms with Gasteiger partial charge < -0.3 is 13.3 Å². The van der Waals surface area contributed by atoms with Gasteiger partial charge in [0.15, 0.2) is 0 Å². The lowest BCUT2D eigenvalue weighted by Gasteiger charge is -2.28. The summed E-state index contributed by atoms with van der Waals surface area (Å²) in [4.78, 5) is 0. The van der Waals surface area contributed by atoms with Crippen molar-refractivity contribution < 1.29 is 13.3 Å². The summed E-state index contributed by atoms with van der Waals surface area (Å²) < 4.78 is 19.3. The van der Waals surface area contributed by atoms with Gasteiger partial charge in [0, 0.05) is 5.70 Å². The fourth-order valence-corrected chi connectivity index (χ4v) is 5.00. The highest BCUT2D eigenvalue weighted by Gasteiger charge is 2.47. The highest BCUT2D eigenvalue weighted by atomic mass is 28.4. The summed E-state index contributed by atoms with van der Waals surface area (Å²) in [5, 5.41) is 0. The van der Waals surface area contributed by atoms with Crippen molar-refractivity contribution in [3.05, 3.63) is 133 Å². The van der Waals surface area contributed by atoms with Gasteiger partial charge in [-0.2, -0.15) is 0 Å². The number of hydrogen-bond donors (Lipinski definition) is 0. The molecule has 0 bridgehead atoms. The van der Waals surface area contributed by atoms with E-state index in [4.69, 9.17) is 13.3 Å². The normalized spacial score (nSPS) is 11.2. The van der Waals surface area contributed by atoms with Gasteiger partial charge in [-0.25, -0.2) is 0 Å². The largest absolute Gasteiger partial charge is 0.729 e. The van der Waals surface area contributed by atoms with E-state index in [0.717, 1.165) is 5.56 Å². The molecule has 0 radical (unpaired) electrons. The Balaban J connectivity index is 1.76. The lowest BCUT2D eigenvalue weighted by Crippen LogP contribution is -2.53. The maximum absolute atomic E-state index is 6.44. The molecule has 0 fully saturated rings. The summed E-state index contributed by atoms with van der Waals surface area (Å²) in [7, 11) is -3.38. The van der Waals surface area contributed by atoms with Crippen LogP contribution in [0.4, 0.5) is 0 Å². The zero-order chi connectivity index (χ0) is 20.5. The molecular weight excluding hydrogens is 388 g/mol. The van der Waals surface area contributed by atoms with Gasteiger partial charge in [-0.3, -0.25) is 0 Å². The molecule has 0 saturated heterocycles. The molecular formula is C26H22O3Si. The highest BCUT2D eigenvalue weighted by molar-refractivity contribution is 6.69. The first-order chi connectivity index (χ1) is 14.8. The Morgan fingerprint density at radius 3 is 1.13 bits per heavy atom. The van der Waals surface area contributed by atoms with Crippen molar-refractivity contribution in [3.63, 3.8) is 0 Å². The Bertz CT molecular complexity index is 951. The second kappa shape index (κ2) is 9.63. The Labute approximate surface area is 178 Å². The molecule has 0 atom stereocenters. The van der Waals surface area contributed by atoms with Crippen LogP contribution < -0.4 is 13.3 Å². The van der Waals surface area contributed by atoms with E-state index in [9.17, 15) is 0 Å². The molecule has 0 unspecified atom stereocenters. The van der Waals surface area contributed by atoms with E-state index in [-0.39, 0.29) is 0 Å². The van der Waals surface area contributed by atoms with Crippen LogP contribution in [0, 0.1) is 0 Å². The minimum absolute atomic E-state index is 0.689.